The lowest BCUT2D eigenvalue weighted by Gasteiger charge is -2.13. The van der Waals surface area contributed by atoms with E-state index >= 15 is 0 Å². The fourth-order valence-electron chi connectivity index (χ4n) is 1.36. The first-order valence-electron chi connectivity index (χ1n) is 5.06. The van der Waals surface area contributed by atoms with Gasteiger partial charge in [0.25, 0.3) is 0 Å². The van der Waals surface area contributed by atoms with Crippen molar-refractivity contribution in [3.8, 4) is 17.2 Å². The molecule has 0 bridgehead atoms. The molecule has 0 aliphatic rings. The molecule has 1 aromatic rings. The molecule has 0 aliphatic heterocycles. The first-order chi connectivity index (χ1) is 8.53. The maximum Gasteiger partial charge on any atom is 0.338 e. The molecule has 0 atom stereocenters. The van der Waals surface area contributed by atoms with Gasteiger partial charge in [0, 0.05) is 6.92 Å². The van der Waals surface area contributed by atoms with Gasteiger partial charge in [-0.3, -0.25) is 4.79 Å². The second-order valence-electron chi connectivity index (χ2n) is 3.30. The fraction of sp³-hybridized carbons (Fsp3) is 0.333. The van der Waals surface area contributed by atoms with E-state index in [-0.39, 0.29) is 22.8 Å². The van der Waals surface area contributed by atoms with Crippen LogP contribution in [0.15, 0.2) is 12.1 Å². The Morgan fingerprint density at radius 2 is 1.50 bits per heavy atom. The van der Waals surface area contributed by atoms with Crippen molar-refractivity contribution < 1.29 is 28.5 Å². The van der Waals surface area contributed by atoms with Crippen molar-refractivity contribution in [2.24, 2.45) is 0 Å². The van der Waals surface area contributed by atoms with E-state index in [1.807, 2.05) is 0 Å². The van der Waals surface area contributed by atoms with Crippen LogP contribution < -0.4 is 14.2 Å². The second kappa shape index (κ2) is 5.90. The third kappa shape index (κ3) is 2.91. The minimum atomic E-state index is -0.541. The number of ether oxygens (including phenoxy) is 4. The van der Waals surface area contributed by atoms with Crippen molar-refractivity contribution in [1.29, 1.82) is 0 Å². The van der Waals surface area contributed by atoms with Gasteiger partial charge in [-0.05, 0) is 12.1 Å². The molecule has 0 heterocycles. The Balaban J connectivity index is 3.33. The third-order valence-corrected chi connectivity index (χ3v) is 2.13. The molecule has 0 spiro atoms. The Hall–Kier alpha value is -2.24. The van der Waals surface area contributed by atoms with E-state index in [0.717, 1.165) is 0 Å². The number of methoxy groups -OCH3 is 3. The predicted octanol–water partition coefficient (Wildman–Crippen LogP) is 1.42. The van der Waals surface area contributed by atoms with Crippen LogP contribution >= 0.6 is 0 Å². The summed E-state index contributed by atoms with van der Waals surface area (Å²) in [5.41, 5.74) is 0.238. The normalized spacial score (nSPS) is 9.56. The summed E-state index contributed by atoms with van der Waals surface area (Å²) in [5.74, 6) is -0.506. The Bertz CT molecular complexity index is 441. The first kappa shape index (κ1) is 13.8. The first-order valence-corrected chi connectivity index (χ1v) is 5.06. The highest BCUT2D eigenvalue weighted by atomic mass is 16.6. The standard InChI is InChI=1S/C12H14O6/c1-7(13)18-11-9(15-2)5-8(12(14)17-4)6-10(11)16-3/h5-6H,1-4H3. The molecule has 0 radical (unpaired) electrons. The van der Waals surface area contributed by atoms with Crippen LogP contribution in [0.25, 0.3) is 0 Å². The summed E-state index contributed by atoms with van der Waals surface area (Å²) in [6.07, 6.45) is 0. The summed E-state index contributed by atoms with van der Waals surface area (Å²) in [5, 5.41) is 0. The average molecular weight is 254 g/mol. The molecule has 0 amide bonds. The van der Waals surface area contributed by atoms with Gasteiger partial charge in [0.1, 0.15) is 0 Å². The summed E-state index contributed by atoms with van der Waals surface area (Å²) >= 11 is 0. The van der Waals surface area contributed by atoms with E-state index < -0.39 is 11.9 Å². The molecule has 6 heteroatoms. The van der Waals surface area contributed by atoms with Crippen LogP contribution in [0, 0.1) is 0 Å². The Labute approximate surface area is 104 Å². The third-order valence-electron chi connectivity index (χ3n) is 2.13. The SMILES string of the molecule is COC(=O)c1cc(OC)c(OC(C)=O)c(OC)c1. The molecule has 1 rings (SSSR count). The minimum absolute atomic E-state index is 0.125. The van der Waals surface area contributed by atoms with Gasteiger partial charge in [-0.15, -0.1) is 0 Å². The Morgan fingerprint density at radius 3 is 1.83 bits per heavy atom. The van der Waals surface area contributed by atoms with Crippen molar-refractivity contribution in [3.05, 3.63) is 17.7 Å². The average Bonchev–Trinajstić information content (AvgIpc) is 2.37. The number of hydrogen-bond acceptors (Lipinski definition) is 6. The van der Waals surface area contributed by atoms with E-state index in [0.29, 0.717) is 0 Å². The fourth-order valence-corrected chi connectivity index (χ4v) is 1.36. The van der Waals surface area contributed by atoms with Gasteiger partial charge < -0.3 is 18.9 Å². The zero-order valence-electron chi connectivity index (χ0n) is 10.6. The molecule has 18 heavy (non-hydrogen) atoms. The summed E-state index contributed by atoms with van der Waals surface area (Å²) < 4.78 is 19.7. The number of carbonyl (C=O) groups excluding carboxylic acids is 2. The molecule has 0 N–H and O–H groups in total. The highest BCUT2D eigenvalue weighted by Gasteiger charge is 2.19. The summed E-state index contributed by atoms with van der Waals surface area (Å²) in [4.78, 5) is 22.4. The molecule has 98 valence electrons. The molecular weight excluding hydrogens is 240 g/mol. The number of carbonyl (C=O) groups is 2. The van der Waals surface area contributed by atoms with Gasteiger partial charge in [-0.2, -0.15) is 0 Å². The lowest BCUT2D eigenvalue weighted by molar-refractivity contribution is -0.132. The van der Waals surface area contributed by atoms with Gasteiger partial charge in [0.05, 0.1) is 26.9 Å². The Morgan fingerprint density at radius 1 is 1.00 bits per heavy atom. The van der Waals surface area contributed by atoms with E-state index in [9.17, 15) is 9.59 Å². The zero-order chi connectivity index (χ0) is 13.7. The smallest absolute Gasteiger partial charge is 0.338 e. The molecular formula is C12H14O6. The predicted molar refractivity (Wildman–Crippen MR) is 62.2 cm³/mol. The molecule has 0 saturated heterocycles. The van der Waals surface area contributed by atoms with Crippen molar-refractivity contribution in [1.82, 2.24) is 0 Å². The Kier molecular flexibility index (Phi) is 4.53. The molecule has 0 aromatic heterocycles. The second-order valence-corrected chi connectivity index (χ2v) is 3.30. The molecule has 0 fully saturated rings. The molecule has 0 unspecified atom stereocenters. The zero-order valence-corrected chi connectivity index (χ0v) is 10.6. The summed E-state index contributed by atoms with van der Waals surface area (Å²) in [7, 11) is 4.05. The van der Waals surface area contributed by atoms with Gasteiger partial charge in [0.2, 0.25) is 5.75 Å². The highest BCUT2D eigenvalue weighted by molar-refractivity contribution is 5.91. The molecule has 0 aliphatic carbocycles. The van der Waals surface area contributed by atoms with Crippen LogP contribution in [0.1, 0.15) is 17.3 Å². The van der Waals surface area contributed by atoms with Crippen LogP contribution in [0.2, 0.25) is 0 Å². The lowest BCUT2D eigenvalue weighted by atomic mass is 10.2. The molecule has 0 saturated carbocycles. The highest BCUT2D eigenvalue weighted by Crippen LogP contribution is 2.38. The monoisotopic (exact) mass is 254 g/mol. The molecule has 6 nitrogen and oxygen atoms in total. The van der Waals surface area contributed by atoms with Crippen molar-refractivity contribution >= 4 is 11.9 Å². The number of hydrogen-bond donors (Lipinski definition) is 0. The van der Waals surface area contributed by atoms with E-state index in [4.69, 9.17) is 14.2 Å². The van der Waals surface area contributed by atoms with Crippen LogP contribution in [0.4, 0.5) is 0 Å². The van der Waals surface area contributed by atoms with Crippen LogP contribution in [0.3, 0.4) is 0 Å². The van der Waals surface area contributed by atoms with Crippen LogP contribution in [-0.4, -0.2) is 33.3 Å². The number of benzene rings is 1. The van der Waals surface area contributed by atoms with Crippen molar-refractivity contribution in [2.75, 3.05) is 21.3 Å². The van der Waals surface area contributed by atoms with Crippen molar-refractivity contribution in [3.63, 3.8) is 0 Å². The maximum absolute atomic E-state index is 11.4. The van der Waals surface area contributed by atoms with Gasteiger partial charge >= 0.3 is 11.9 Å². The molecule has 1 aromatic carbocycles. The van der Waals surface area contributed by atoms with E-state index in [1.165, 1.54) is 40.4 Å². The van der Waals surface area contributed by atoms with Crippen molar-refractivity contribution in [2.45, 2.75) is 6.92 Å². The largest absolute Gasteiger partial charge is 0.493 e. The van der Waals surface area contributed by atoms with Gasteiger partial charge in [-0.25, -0.2) is 4.79 Å². The minimum Gasteiger partial charge on any atom is -0.493 e. The number of rotatable bonds is 4. The lowest BCUT2D eigenvalue weighted by Crippen LogP contribution is -2.07. The van der Waals surface area contributed by atoms with Crippen LogP contribution in [-0.2, 0) is 9.53 Å². The van der Waals surface area contributed by atoms with E-state index in [1.54, 1.807) is 0 Å². The van der Waals surface area contributed by atoms with Crippen LogP contribution in [0.5, 0.6) is 17.2 Å². The topological polar surface area (TPSA) is 71.1 Å². The van der Waals surface area contributed by atoms with E-state index in [2.05, 4.69) is 4.74 Å². The van der Waals surface area contributed by atoms with Gasteiger partial charge in [-0.1, -0.05) is 0 Å². The summed E-state index contributed by atoms with van der Waals surface area (Å²) in [6, 6.07) is 2.82. The number of esters is 2. The quantitative estimate of drug-likeness (QED) is 0.597. The summed E-state index contributed by atoms with van der Waals surface area (Å²) in [6.45, 7) is 1.26. The maximum atomic E-state index is 11.4. The van der Waals surface area contributed by atoms with Gasteiger partial charge in [0.15, 0.2) is 11.5 Å².